The maximum Gasteiger partial charge on any atom is 0.334 e. The van der Waals surface area contributed by atoms with Crippen LogP contribution in [0.15, 0.2) is 0 Å². The van der Waals surface area contributed by atoms with Gasteiger partial charge in [-0.25, -0.2) is 4.79 Å². The minimum Gasteiger partial charge on any atom is -0.464 e. The summed E-state index contributed by atoms with van der Waals surface area (Å²) in [7, 11) is 0. The largest absolute Gasteiger partial charge is 0.464 e. The molecule has 108 valence electrons. The van der Waals surface area contributed by atoms with Gasteiger partial charge in [-0.2, -0.15) is 0 Å². The van der Waals surface area contributed by atoms with Crippen molar-refractivity contribution in [1.82, 2.24) is 0 Å². The number of aliphatic hydroxyl groups excluding tert-OH is 1. The molecule has 0 aromatic heterocycles. The molecule has 0 radical (unpaired) electrons. The van der Waals surface area contributed by atoms with Crippen LogP contribution < -0.4 is 0 Å². The number of esters is 1. The highest BCUT2D eigenvalue weighted by Gasteiger charge is 2.14. The predicted octanol–water partition coefficient (Wildman–Crippen LogP) is 3.83. The Kier molecular flexibility index (Phi) is 12.5. The molecule has 0 rings (SSSR count). The Morgan fingerprint density at radius 1 is 0.944 bits per heavy atom. The van der Waals surface area contributed by atoms with Gasteiger partial charge in [0.2, 0.25) is 0 Å². The highest BCUT2D eigenvalue weighted by atomic mass is 16.5. The third kappa shape index (κ3) is 10.6. The van der Waals surface area contributed by atoms with E-state index >= 15 is 0 Å². The Bertz CT molecular complexity index is 192. The van der Waals surface area contributed by atoms with Crippen LogP contribution in [0, 0.1) is 0 Å². The third-order valence-corrected chi connectivity index (χ3v) is 3.14. The molecule has 0 bridgehead atoms. The van der Waals surface area contributed by atoms with E-state index in [4.69, 9.17) is 4.74 Å². The van der Waals surface area contributed by atoms with Gasteiger partial charge in [0.05, 0.1) is 6.61 Å². The number of hydrogen-bond donors (Lipinski definition) is 1. The van der Waals surface area contributed by atoms with Crippen LogP contribution in [-0.2, 0) is 9.53 Å². The van der Waals surface area contributed by atoms with E-state index in [1.54, 1.807) is 6.92 Å². The van der Waals surface area contributed by atoms with Gasteiger partial charge in [0.1, 0.15) is 0 Å². The van der Waals surface area contributed by atoms with Crippen molar-refractivity contribution in [3.8, 4) is 0 Å². The fourth-order valence-corrected chi connectivity index (χ4v) is 2.00. The minimum absolute atomic E-state index is 0.341. The average molecular weight is 258 g/mol. The summed E-state index contributed by atoms with van der Waals surface area (Å²) in [4.78, 5) is 11.1. The average Bonchev–Trinajstić information content (AvgIpc) is 2.36. The van der Waals surface area contributed by atoms with Crippen molar-refractivity contribution in [3.05, 3.63) is 0 Å². The summed E-state index contributed by atoms with van der Waals surface area (Å²) in [6.45, 7) is 4.33. The van der Waals surface area contributed by atoms with Gasteiger partial charge in [0.15, 0.2) is 6.10 Å². The van der Waals surface area contributed by atoms with E-state index in [9.17, 15) is 9.90 Å². The highest BCUT2D eigenvalue weighted by Crippen LogP contribution is 2.11. The van der Waals surface area contributed by atoms with Gasteiger partial charge in [-0.15, -0.1) is 0 Å². The van der Waals surface area contributed by atoms with E-state index in [1.165, 1.54) is 44.9 Å². The van der Waals surface area contributed by atoms with Gasteiger partial charge in [0, 0.05) is 0 Å². The van der Waals surface area contributed by atoms with Crippen LogP contribution in [0.1, 0.15) is 78.1 Å². The first-order valence-corrected chi connectivity index (χ1v) is 7.57. The second-order valence-electron chi connectivity index (χ2n) is 4.88. The molecule has 0 fully saturated rings. The third-order valence-electron chi connectivity index (χ3n) is 3.14. The topological polar surface area (TPSA) is 46.5 Å². The molecule has 18 heavy (non-hydrogen) atoms. The fraction of sp³-hybridized carbons (Fsp3) is 0.933. The first-order valence-electron chi connectivity index (χ1n) is 7.57. The first kappa shape index (κ1) is 17.4. The van der Waals surface area contributed by atoms with E-state index in [0.717, 1.165) is 12.8 Å². The smallest absolute Gasteiger partial charge is 0.334 e. The lowest BCUT2D eigenvalue weighted by Crippen LogP contribution is -2.22. The number of hydrogen-bond acceptors (Lipinski definition) is 3. The lowest BCUT2D eigenvalue weighted by Gasteiger charge is -2.09. The number of carbonyl (C=O) groups is 1. The number of unbranched alkanes of at least 4 members (excludes halogenated alkanes) is 8. The molecule has 0 amide bonds. The summed E-state index contributed by atoms with van der Waals surface area (Å²) in [5.41, 5.74) is 0. The quantitative estimate of drug-likeness (QED) is 0.427. The van der Waals surface area contributed by atoms with Crippen LogP contribution in [0.4, 0.5) is 0 Å². The summed E-state index contributed by atoms with van der Waals surface area (Å²) in [6, 6.07) is 0. The maximum absolute atomic E-state index is 11.1. The summed E-state index contributed by atoms with van der Waals surface area (Å²) < 4.78 is 4.75. The molecule has 3 nitrogen and oxygen atoms in total. The standard InChI is InChI=1S/C15H30O3/c1-3-5-6-7-8-9-10-11-12-13-14(16)15(17)18-4-2/h14,16H,3-13H2,1-2H3. The van der Waals surface area contributed by atoms with Crippen LogP contribution in [0.2, 0.25) is 0 Å². The van der Waals surface area contributed by atoms with Crippen LogP contribution in [0.3, 0.4) is 0 Å². The van der Waals surface area contributed by atoms with Crippen LogP contribution in [0.25, 0.3) is 0 Å². The van der Waals surface area contributed by atoms with Gasteiger partial charge < -0.3 is 9.84 Å². The number of aliphatic hydroxyl groups is 1. The molecule has 3 heteroatoms. The van der Waals surface area contributed by atoms with E-state index in [-0.39, 0.29) is 0 Å². The van der Waals surface area contributed by atoms with Gasteiger partial charge in [-0.1, -0.05) is 64.7 Å². The molecule has 0 aromatic carbocycles. The summed E-state index contributed by atoms with van der Waals surface area (Å²) >= 11 is 0. The van der Waals surface area contributed by atoms with Crippen molar-refractivity contribution in [2.45, 2.75) is 84.2 Å². The Morgan fingerprint density at radius 3 is 1.94 bits per heavy atom. The van der Waals surface area contributed by atoms with Crippen molar-refractivity contribution in [3.63, 3.8) is 0 Å². The number of ether oxygens (including phenoxy) is 1. The molecule has 0 saturated heterocycles. The van der Waals surface area contributed by atoms with Gasteiger partial charge in [-0.05, 0) is 13.3 Å². The molecule has 0 aliphatic carbocycles. The van der Waals surface area contributed by atoms with E-state index in [2.05, 4.69) is 6.92 Å². The molecule has 1 N–H and O–H groups in total. The molecule has 0 aliphatic rings. The minimum atomic E-state index is -0.922. The molecule has 0 spiro atoms. The van der Waals surface area contributed by atoms with Crippen molar-refractivity contribution in [2.75, 3.05) is 6.61 Å². The molecule has 0 aromatic rings. The lowest BCUT2D eigenvalue weighted by atomic mass is 10.1. The summed E-state index contributed by atoms with van der Waals surface area (Å²) in [6.07, 6.45) is 10.8. The van der Waals surface area contributed by atoms with Gasteiger partial charge in [-0.3, -0.25) is 0 Å². The second-order valence-corrected chi connectivity index (χ2v) is 4.88. The van der Waals surface area contributed by atoms with E-state index in [1.807, 2.05) is 0 Å². The molecular formula is C15H30O3. The fourth-order valence-electron chi connectivity index (χ4n) is 2.00. The van der Waals surface area contributed by atoms with E-state index < -0.39 is 12.1 Å². The Hall–Kier alpha value is -0.570. The number of rotatable bonds is 12. The lowest BCUT2D eigenvalue weighted by molar-refractivity contribution is -0.153. The monoisotopic (exact) mass is 258 g/mol. The summed E-state index contributed by atoms with van der Waals surface area (Å²) in [5, 5.41) is 9.47. The highest BCUT2D eigenvalue weighted by molar-refractivity contribution is 5.74. The molecule has 1 unspecified atom stereocenters. The zero-order valence-electron chi connectivity index (χ0n) is 12.1. The van der Waals surface area contributed by atoms with Crippen molar-refractivity contribution >= 4 is 5.97 Å². The Morgan fingerprint density at radius 2 is 1.44 bits per heavy atom. The molecule has 1 atom stereocenters. The van der Waals surface area contributed by atoms with Crippen molar-refractivity contribution in [2.24, 2.45) is 0 Å². The normalized spacial score (nSPS) is 12.4. The summed E-state index contributed by atoms with van der Waals surface area (Å²) in [5.74, 6) is -0.475. The van der Waals surface area contributed by atoms with Crippen LogP contribution >= 0.6 is 0 Å². The van der Waals surface area contributed by atoms with Crippen molar-refractivity contribution in [1.29, 1.82) is 0 Å². The molecule has 0 heterocycles. The molecular weight excluding hydrogens is 228 g/mol. The van der Waals surface area contributed by atoms with Crippen LogP contribution in [0.5, 0.6) is 0 Å². The van der Waals surface area contributed by atoms with Crippen molar-refractivity contribution < 1.29 is 14.6 Å². The zero-order valence-corrected chi connectivity index (χ0v) is 12.1. The van der Waals surface area contributed by atoms with E-state index in [0.29, 0.717) is 13.0 Å². The van der Waals surface area contributed by atoms with Gasteiger partial charge in [0.25, 0.3) is 0 Å². The maximum atomic E-state index is 11.1. The second kappa shape index (κ2) is 12.9. The Labute approximate surface area is 112 Å². The predicted molar refractivity (Wildman–Crippen MR) is 74.5 cm³/mol. The zero-order chi connectivity index (χ0) is 13.6. The molecule has 0 aliphatic heterocycles. The first-order chi connectivity index (χ1) is 8.72. The molecule has 0 saturated carbocycles. The number of carbonyl (C=O) groups excluding carboxylic acids is 1. The SMILES string of the molecule is CCCCCCCCCCCC(O)C(=O)OCC. The van der Waals surface area contributed by atoms with Gasteiger partial charge >= 0.3 is 5.97 Å². The van der Waals surface area contributed by atoms with Crippen LogP contribution in [-0.4, -0.2) is 23.8 Å². The Balaban J connectivity index is 3.22.